The molecule has 180 valence electrons. The van der Waals surface area contributed by atoms with Gasteiger partial charge in [-0.3, -0.25) is 23.3 Å². The molecule has 0 radical (unpaired) electrons. The predicted octanol–water partition coefficient (Wildman–Crippen LogP) is 2.18. The summed E-state index contributed by atoms with van der Waals surface area (Å²) < 4.78 is 9.78. The molecule has 0 unspecified atom stereocenters. The van der Waals surface area contributed by atoms with Crippen LogP contribution in [0.5, 0.6) is 5.75 Å². The number of ketones is 1. The van der Waals surface area contributed by atoms with Gasteiger partial charge in [-0.2, -0.15) is 0 Å². The summed E-state index contributed by atoms with van der Waals surface area (Å²) in [5, 5.41) is 8.85. The summed E-state index contributed by atoms with van der Waals surface area (Å²) in [5.74, 6) is 0.589. The highest BCUT2D eigenvalue weighted by atomic mass is 32.2. The molecule has 2 aromatic heterocycles. The van der Waals surface area contributed by atoms with Crippen molar-refractivity contribution in [3.05, 3.63) is 74.7 Å². The summed E-state index contributed by atoms with van der Waals surface area (Å²) in [6, 6.07) is 7.67. The van der Waals surface area contributed by atoms with E-state index in [2.05, 4.69) is 16.8 Å². The molecule has 2 heterocycles. The number of hydrogen-bond donors (Lipinski definition) is 1. The topological polar surface area (TPSA) is 127 Å². The van der Waals surface area contributed by atoms with Gasteiger partial charge < -0.3 is 10.5 Å². The number of carbonyl (C=O) groups excluding carboxylic acids is 1. The number of nitrogens with two attached hydrogens (primary N) is 1. The summed E-state index contributed by atoms with van der Waals surface area (Å²) >= 11 is 1.13. The molecule has 0 saturated heterocycles. The average molecular weight is 485 g/mol. The molecule has 0 fully saturated rings. The van der Waals surface area contributed by atoms with E-state index in [0.29, 0.717) is 36.2 Å². The van der Waals surface area contributed by atoms with Crippen LogP contribution >= 0.6 is 11.8 Å². The zero-order valence-electron chi connectivity index (χ0n) is 19.5. The Morgan fingerprint density at radius 1 is 1.26 bits per heavy atom. The van der Waals surface area contributed by atoms with Crippen molar-refractivity contribution >= 4 is 23.4 Å². The quantitative estimate of drug-likeness (QED) is 0.249. The predicted molar refractivity (Wildman–Crippen MR) is 131 cm³/mol. The van der Waals surface area contributed by atoms with Crippen LogP contribution in [0.4, 0.5) is 5.82 Å². The summed E-state index contributed by atoms with van der Waals surface area (Å²) in [6.45, 7) is 8.54. The monoisotopic (exact) mass is 484 g/mol. The Balaban J connectivity index is 1.80. The van der Waals surface area contributed by atoms with Gasteiger partial charge in [0.05, 0.1) is 5.75 Å². The minimum atomic E-state index is -0.708. The Morgan fingerprint density at radius 2 is 2.03 bits per heavy atom. The smallest absolute Gasteiger partial charge is 0.332 e. The van der Waals surface area contributed by atoms with E-state index >= 15 is 0 Å². The number of nitrogens with zero attached hydrogens (tertiary/aromatic N) is 5. The van der Waals surface area contributed by atoms with Gasteiger partial charge in [0.1, 0.15) is 23.7 Å². The van der Waals surface area contributed by atoms with Crippen molar-refractivity contribution in [3.8, 4) is 5.75 Å². The number of benzene rings is 1. The summed E-state index contributed by atoms with van der Waals surface area (Å²) in [5.41, 5.74) is 5.69. The number of aryl methyl sites for hydroxylation is 1. The summed E-state index contributed by atoms with van der Waals surface area (Å²) in [6.07, 6.45) is 2.32. The fourth-order valence-corrected chi connectivity index (χ4v) is 4.22. The van der Waals surface area contributed by atoms with E-state index in [1.807, 2.05) is 38.1 Å². The van der Waals surface area contributed by atoms with E-state index < -0.39 is 17.0 Å². The number of anilines is 1. The molecule has 0 amide bonds. The number of allylic oxidation sites excluding steroid dienone is 1. The van der Waals surface area contributed by atoms with Crippen molar-refractivity contribution in [2.45, 2.75) is 45.1 Å². The maximum Gasteiger partial charge on any atom is 0.332 e. The molecule has 10 nitrogen and oxygen atoms in total. The largest absolute Gasteiger partial charge is 0.486 e. The number of nitrogen functional groups attached to an aromatic ring is 1. The molecule has 0 saturated carbocycles. The molecule has 11 heteroatoms. The first-order valence-electron chi connectivity index (χ1n) is 10.8. The summed E-state index contributed by atoms with van der Waals surface area (Å²) in [7, 11) is 1.33. The standard InChI is InChI=1S/C23H28N6O4S/c1-5-10-28-18(13-33-16-9-7-8-15(3)12-16)25-26-22(28)34-14-17(30)19-20(24)29(11-6-2)23(32)27(4)21(19)31/h5,7-9,12H,1,6,10-11,13-14,24H2,2-4H3. The van der Waals surface area contributed by atoms with Gasteiger partial charge in [-0.15, -0.1) is 16.8 Å². The Labute approximate surface area is 201 Å². The number of rotatable bonds is 11. The molecule has 1 aromatic carbocycles. The molecule has 0 aliphatic carbocycles. The van der Waals surface area contributed by atoms with Crippen LogP contribution < -0.4 is 21.7 Å². The average Bonchev–Trinajstić information content (AvgIpc) is 3.19. The Morgan fingerprint density at radius 3 is 2.71 bits per heavy atom. The number of hydrogen-bond acceptors (Lipinski definition) is 8. The highest BCUT2D eigenvalue weighted by Gasteiger charge is 2.22. The molecule has 0 bridgehead atoms. The third-order valence-electron chi connectivity index (χ3n) is 5.10. The van der Waals surface area contributed by atoms with Crippen molar-refractivity contribution < 1.29 is 9.53 Å². The minimum Gasteiger partial charge on any atom is -0.486 e. The second-order valence-electron chi connectivity index (χ2n) is 7.67. The van der Waals surface area contributed by atoms with Crippen molar-refractivity contribution in [1.29, 1.82) is 0 Å². The Kier molecular flexibility index (Phi) is 8.11. The van der Waals surface area contributed by atoms with Gasteiger partial charge >= 0.3 is 5.69 Å². The number of thioether (sulfide) groups is 1. The molecule has 3 rings (SSSR count). The number of carbonyl (C=O) groups is 1. The highest BCUT2D eigenvalue weighted by molar-refractivity contribution is 7.99. The van der Waals surface area contributed by atoms with Crippen LogP contribution in [0.1, 0.15) is 35.1 Å². The van der Waals surface area contributed by atoms with E-state index in [9.17, 15) is 14.4 Å². The maximum atomic E-state index is 13.0. The number of ether oxygens (including phenoxy) is 1. The molecule has 0 spiro atoms. The van der Waals surface area contributed by atoms with Crippen molar-refractivity contribution in [2.75, 3.05) is 11.5 Å². The normalized spacial score (nSPS) is 10.9. The molecular weight excluding hydrogens is 456 g/mol. The Bertz CT molecular complexity index is 1320. The molecule has 34 heavy (non-hydrogen) atoms. The van der Waals surface area contributed by atoms with Gasteiger partial charge in [-0.1, -0.05) is 36.9 Å². The second kappa shape index (κ2) is 11.0. The first kappa shape index (κ1) is 25.0. The van der Waals surface area contributed by atoms with Crippen LogP contribution in [-0.4, -0.2) is 35.4 Å². The SMILES string of the molecule is C=CCn1c(COc2cccc(C)c2)nnc1SCC(=O)c1c(N)n(CCC)c(=O)n(C)c1=O. The molecule has 0 atom stereocenters. The van der Waals surface area contributed by atoms with Crippen LogP contribution in [0.25, 0.3) is 0 Å². The Hall–Kier alpha value is -3.60. The van der Waals surface area contributed by atoms with Crippen LogP contribution in [0.3, 0.4) is 0 Å². The zero-order chi connectivity index (χ0) is 24.8. The van der Waals surface area contributed by atoms with Gasteiger partial charge in [0.2, 0.25) is 0 Å². The lowest BCUT2D eigenvalue weighted by molar-refractivity contribution is 0.102. The van der Waals surface area contributed by atoms with Crippen LogP contribution in [0, 0.1) is 6.92 Å². The fraction of sp³-hybridized carbons (Fsp3) is 0.348. The first-order valence-corrected chi connectivity index (χ1v) is 11.7. The molecule has 3 aromatic rings. The molecule has 0 aliphatic rings. The lowest BCUT2D eigenvalue weighted by atomic mass is 10.2. The fourth-order valence-electron chi connectivity index (χ4n) is 3.39. The van der Waals surface area contributed by atoms with Gasteiger partial charge in [0, 0.05) is 20.1 Å². The van der Waals surface area contributed by atoms with Crippen molar-refractivity contribution in [1.82, 2.24) is 23.9 Å². The molecule has 2 N–H and O–H groups in total. The minimum absolute atomic E-state index is 0.0994. The zero-order valence-corrected chi connectivity index (χ0v) is 20.3. The van der Waals surface area contributed by atoms with E-state index in [0.717, 1.165) is 21.9 Å². The lowest BCUT2D eigenvalue weighted by Crippen LogP contribution is -2.42. The van der Waals surface area contributed by atoms with E-state index in [1.54, 1.807) is 10.6 Å². The maximum absolute atomic E-state index is 13.0. The highest BCUT2D eigenvalue weighted by Crippen LogP contribution is 2.21. The van der Waals surface area contributed by atoms with E-state index in [1.165, 1.54) is 11.6 Å². The summed E-state index contributed by atoms with van der Waals surface area (Å²) in [4.78, 5) is 37.9. The van der Waals surface area contributed by atoms with Gasteiger partial charge in [0.15, 0.2) is 16.8 Å². The van der Waals surface area contributed by atoms with E-state index in [-0.39, 0.29) is 23.7 Å². The van der Waals surface area contributed by atoms with Crippen LogP contribution in [-0.2, 0) is 26.7 Å². The van der Waals surface area contributed by atoms with Crippen LogP contribution in [0.2, 0.25) is 0 Å². The van der Waals surface area contributed by atoms with Crippen molar-refractivity contribution in [2.24, 2.45) is 7.05 Å². The molecular formula is C23H28N6O4S. The van der Waals surface area contributed by atoms with Crippen molar-refractivity contribution in [3.63, 3.8) is 0 Å². The number of Topliss-reactive ketones (excluding diaryl/α,β-unsaturated/α-hetero) is 1. The second-order valence-corrected chi connectivity index (χ2v) is 8.62. The third-order valence-corrected chi connectivity index (χ3v) is 6.07. The van der Waals surface area contributed by atoms with Gasteiger partial charge in [-0.05, 0) is 31.0 Å². The first-order chi connectivity index (χ1) is 16.3. The third kappa shape index (κ3) is 5.30. The van der Waals surface area contributed by atoms with Gasteiger partial charge in [0.25, 0.3) is 5.56 Å². The lowest BCUT2D eigenvalue weighted by Gasteiger charge is -2.13. The number of aromatic nitrogens is 5. The van der Waals surface area contributed by atoms with E-state index in [4.69, 9.17) is 10.5 Å². The molecule has 0 aliphatic heterocycles. The van der Waals surface area contributed by atoms with Gasteiger partial charge in [-0.25, -0.2) is 4.79 Å². The van der Waals surface area contributed by atoms with Crippen LogP contribution in [0.15, 0.2) is 51.7 Å².